The highest BCUT2D eigenvalue weighted by Crippen LogP contribution is 2.40. The number of esters is 1. The van der Waals surface area contributed by atoms with Gasteiger partial charge < -0.3 is 23.8 Å². The lowest BCUT2D eigenvalue weighted by atomic mass is 9.94. The van der Waals surface area contributed by atoms with Gasteiger partial charge in [0.05, 0.1) is 43.1 Å². The van der Waals surface area contributed by atoms with Crippen molar-refractivity contribution in [3.63, 3.8) is 0 Å². The normalized spacial score (nSPS) is 23.3. The summed E-state index contributed by atoms with van der Waals surface area (Å²) in [6.07, 6.45) is -1.90. The lowest BCUT2D eigenvalue weighted by molar-refractivity contribution is -0.226. The van der Waals surface area contributed by atoms with E-state index in [1.165, 1.54) is 6.07 Å². The van der Waals surface area contributed by atoms with Crippen LogP contribution < -0.4 is 4.90 Å². The lowest BCUT2D eigenvalue weighted by Gasteiger charge is -2.40. The molecule has 196 valence electrons. The summed E-state index contributed by atoms with van der Waals surface area (Å²) in [6, 6.07) is 1.30. The van der Waals surface area contributed by atoms with Crippen molar-refractivity contribution in [3.8, 4) is 0 Å². The zero-order valence-corrected chi connectivity index (χ0v) is 21.7. The monoisotopic (exact) mass is 497 g/mol. The molecule has 1 aromatic rings. The van der Waals surface area contributed by atoms with Crippen molar-refractivity contribution < 1.29 is 37.3 Å². The maximum absolute atomic E-state index is 15.6. The number of halogens is 2. The van der Waals surface area contributed by atoms with E-state index in [1.807, 2.05) is 27.7 Å². The second-order valence-corrected chi connectivity index (χ2v) is 11.3. The number of Topliss-reactive ketones (excluding diaryl/α,β-unsaturated/α-hetero) is 1. The molecule has 9 heteroatoms. The molecule has 3 rings (SSSR count). The van der Waals surface area contributed by atoms with Gasteiger partial charge >= 0.3 is 5.97 Å². The largest absolute Gasteiger partial charge is 0.460 e. The maximum atomic E-state index is 15.6. The molecule has 0 saturated carbocycles. The first-order chi connectivity index (χ1) is 16.2. The van der Waals surface area contributed by atoms with Crippen LogP contribution in [-0.2, 0) is 23.7 Å². The molecule has 0 bridgehead atoms. The molecule has 0 radical (unpaired) electrons. The number of benzene rings is 1. The second kappa shape index (κ2) is 10.5. The Balaban J connectivity index is 1.95. The summed E-state index contributed by atoms with van der Waals surface area (Å²) in [6.45, 7) is 14.2. The van der Waals surface area contributed by atoms with E-state index >= 15 is 8.78 Å². The number of ketones is 1. The third-order valence-corrected chi connectivity index (χ3v) is 5.73. The van der Waals surface area contributed by atoms with Crippen molar-refractivity contribution in [2.75, 3.05) is 31.2 Å². The third-order valence-electron chi connectivity index (χ3n) is 5.73. The molecule has 0 aromatic heterocycles. The number of rotatable bonds is 6. The lowest BCUT2D eigenvalue weighted by Crippen LogP contribution is -2.46. The number of nitrogens with zero attached hydrogens (tertiary/aromatic N) is 1. The van der Waals surface area contributed by atoms with Gasteiger partial charge in [-0.05, 0) is 40.7 Å². The molecule has 2 heterocycles. The van der Waals surface area contributed by atoms with E-state index < -0.39 is 40.8 Å². The number of ether oxygens (including phenoxy) is 4. The summed E-state index contributed by atoms with van der Waals surface area (Å²) >= 11 is 0. The molecule has 0 spiro atoms. The summed E-state index contributed by atoms with van der Waals surface area (Å²) in [4.78, 5) is 26.6. The van der Waals surface area contributed by atoms with Crippen LogP contribution in [0.25, 0.3) is 0 Å². The molecule has 2 aliphatic rings. The average Bonchev–Trinajstić information content (AvgIpc) is 2.72. The highest BCUT2D eigenvalue weighted by molar-refractivity contribution is 5.98. The van der Waals surface area contributed by atoms with Gasteiger partial charge in [0.1, 0.15) is 5.60 Å². The van der Waals surface area contributed by atoms with Crippen molar-refractivity contribution in [2.24, 2.45) is 5.41 Å². The van der Waals surface area contributed by atoms with Crippen LogP contribution in [0.2, 0.25) is 0 Å². The Morgan fingerprint density at radius 1 is 1.06 bits per heavy atom. The maximum Gasteiger partial charge on any atom is 0.306 e. The highest BCUT2D eigenvalue weighted by atomic mass is 19.2. The van der Waals surface area contributed by atoms with E-state index in [2.05, 4.69) is 0 Å². The minimum absolute atomic E-state index is 0.0119. The summed E-state index contributed by atoms with van der Waals surface area (Å²) in [7, 11) is 0. The standard InChI is InChI=1S/C26H37F2NO6/c1-15-11-29(12-16(2)34-15)23-18(24-32-13-26(6,7)14-33-24)10-17(21(27)22(23)28)19(30)8-9-20(31)35-25(3,4)5/h10,15-16,24H,8-9,11-14H2,1-7H3/t15-,16-/m1/s1. The molecule has 2 fully saturated rings. The van der Waals surface area contributed by atoms with Gasteiger partial charge in [0.25, 0.3) is 0 Å². The Labute approximate surface area is 206 Å². The van der Waals surface area contributed by atoms with Gasteiger partial charge in [-0.3, -0.25) is 9.59 Å². The van der Waals surface area contributed by atoms with Crippen LogP contribution in [0.15, 0.2) is 6.07 Å². The summed E-state index contributed by atoms with van der Waals surface area (Å²) < 4.78 is 53.7. The number of carbonyl (C=O) groups excluding carboxylic acids is 2. The van der Waals surface area contributed by atoms with E-state index in [4.69, 9.17) is 18.9 Å². The van der Waals surface area contributed by atoms with Gasteiger partial charge in [-0.2, -0.15) is 0 Å². The van der Waals surface area contributed by atoms with E-state index in [-0.39, 0.29) is 41.7 Å². The first-order valence-corrected chi connectivity index (χ1v) is 12.1. The van der Waals surface area contributed by atoms with E-state index in [9.17, 15) is 9.59 Å². The Morgan fingerprint density at radius 3 is 2.17 bits per heavy atom. The van der Waals surface area contributed by atoms with Crippen LogP contribution in [0.1, 0.15) is 83.5 Å². The van der Waals surface area contributed by atoms with E-state index in [0.717, 1.165) is 0 Å². The molecule has 2 atom stereocenters. The van der Waals surface area contributed by atoms with Crippen molar-refractivity contribution >= 4 is 17.4 Å². The fraction of sp³-hybridized carbons (Fsp3) is 0.692. The van der Waals surface area contributed by atoms with Crippen LogP contribution in [0.4, 0.5) is 14.5 Å². The van der Waals surface area contributed by atoms with Crippen LogP contribution in [-0.4, -0.2) is 55.9 Å². The first-order valence-electron chi connectivity index (χ1n) is 12.1. The van der Waals surface area contributed by atoms with Crippen molar-refractivity contribution in [3.05, 3.63) is 28.8 Å². The van der Waals surface area contributed by atoms with E-state index in [1.54, 1.807) is 25.7 Å². The molecule has 7 nitrogen and oxygen atoms in total. The van der Waals surface area contributed by atoms with Crippen LogP contribution in [0.3, 0.4) is 0 Å². The van der Waals surface area contributed by atoms with Crippen molar-refractivity contribution in [1.29, 1.82) is 0 Å². The smallest absolute Gasteiger partial charge is 0.306 e. The van der Waals surface area contributed by atoms with Crippen molar-refractivity contribution in [2.45, 2.75) is 85.4 Å². The quantitative estimate of drug-likeness (QED) is 0.406. The van der Waals surface area contributed by atoms with Gasteiger partial charge in [-0.15, -0.1) is 0 Å². The number of carbonyl (C=O) groups is 2. The zero-order valence-electron chi connectivity index (χ0n) is 21.7. The summed E-state index contributed by atoms with van der Waals surface area (Å²) in [5.74, 6) is -3.66. The molecule has 0 amide bonds. The number of hydrogen-bond acceptors (Lipinski definition) is 7. The second-order valence-electron chi connectivity index (χ2n) is 11.3. The first kappa shape index (κ1) is 27.5. The molecule has 1 aromatic carbocycles. The average molecular weight is 498 g/mol. The Bertz CT molecular complexity index is 938. The number of morpholine rings is 1. The minimum atomic E-state index is -1.25. The van der Waals surface area contributed by atoms with Gasteiger partial charge in [0.2, 0.25) is 0 Å². The summed E-state index contributed by atoms with van der Waals surface area (Å²) in [5.41, 5.74) is -1.11. The van der Waals surface area contributed by atoms with Crippen molar-refractivity contribution in [1.82, 2.24) is 0 Å². The molecule has 0 aliphatic carbocycles. The van der Waals surface area contributed by atoms with Gasteiger partial charge in [-0.25, -0.2) is 8.78 Å². The Hall–Kier alpha value is -2.10. The predicted molar refractivity (Wildman–Crippen MR) is 126 cm³/mol. The molecule has 0 N–H and O–H groups in total. The molecular formula is C26H37F2NO6. The Kier molecular flexibility index (Phi) is 8.23. The molecule has 0 unspecified atom stereocenters. The summed E-state index contributed by atoms with van der Waals surface area (Å²) in [5, 5.41) is 0. The van der Waals surface area contributed by atoms with Gasteiger partial charge in [-0.1, -0.05) is 13.8 Å². The van der Waals surface area contributed by atoms with Crippen LogP contribution in [0, 0.1) is 17.0 Å². The fourth-order valence-corrected chi connectivity index (χ4v) is 4.32. The predicted octanol–water partition coefficient (Wildman–Crippen LogP) is 4.95. The minimum Gasteiger partial charge on any atom is -0.460 e. The Morgan fingerprint density at radius 2 is 1.63 bits per heavy atom. The van der Waals surface area contributed by atoms with Crippen LogP contribution >= 0.6 is 0 Å². The number of anilines is 1. The van der Waals surface area contributed by atoms with E-state index in [0.29, 0.717) is 26.3 Å². The van der Waals surface area contributed by atoms with Gasteiger partial charge in [0, 0.05) is 30.5 Å². The molecule has 2 aliphatic heterocycles. The van der Waals surface area contributed by atoms with Crippen LogP contribution in [0.5, 0.6) is 0 Å². The molecule has 35 heavy (non-hydrogen) atoms. The molecule has 2 saturated heterocycles. The fourth-order valence-electron chi connectivity index (χ4n) is 4.32. The van der Waals surface area contributed by atoms with Gasteiger partial charge in [0.15, 0.2) is 23.7 Å². The number of hydrogen-bond donors (Lipinski definition) is 0. The topological polar surface area (TPSA) is 74.3 Å². The SMILES string of the molecule is C[C@@H]1CN(c2c(C3OCC(C)(C)CO3)cc(C(=O)CCC(=O)OC(C)(C)C)c(F)c2F)C[C@@H](C)O1. The third kappa shape index (κ3) is 6.98. The highest BCUT2D eigenvalue weighted by Gasteiger charge is 2.36. The molecular weight excluding hydrogens is 460 g/mol. The zero-order chi connectivity index (χ0) is 26.1.